The molecule has 0 unspecified atom stereocenters. The van der Waals surface area contributed by atoms with Gasteiger partial charge in [0.2, 0.25) is 0 Å². The van der Waals surface area contributed by atoms with Crippen LogP contribution in [0.25, 0.3) is 0 Å². The molecule has 5 heteroatoms. The SMILES string of the molecule is COCc1cccc(CNCc2cccc([N+](=O)[O-])c2)c1. The molecular weight excluding hydrogens is 268 g/mol. The van der Waals surface area contributed by atoms with Crippen molar-refractivity contribution < 1.29 is 9.66 Å². The number of hydrogen-bond acceptors (Lipinski definition) is 4. The Bertz CT molecular complexity index is 614. The van der Waals surface area contributed by atoms with Gasteiger partial charge in [-0.2, -0.15) is 0 Å². The van der Waals surface area contributed by atoms with E-state index in [0.29, 0.717) is 19.7 Å². The molecule has 0 aliphatic carbocycles. The van der Waals surface area contributed by atoms with Gasteiger partial charge in [-0.05, 0) is 16.7 Å². The fourth-order valence-corrected chi connectivity index (χ4v) is 2.13. The van der Waals surface area contributed by atoms with Crippen LogP contribution in [-0.2, 0) is 24.4 Å². The predicted molar refractivity (Wildman–Crippen MR) is 80.8 cm³/mol. The third kappa shape index (κ3) is 4.66. The lowest BCUT2D eigenvalue weighted by atomic mass is 10.1. The van der Waals surface area contributed by atoms with Crippen LogP contribution in [-0.4, -0.2) is 12.0 Å². The fraction of sp³-hybridized carbons (Fsp3) is 0.250. The molecule has 2 aromatic carbocycles. The monoisotopic (exact) mass is 286 g/mol. The Balaban J connectivity index is 1.90. The summed E-state index contributed by atoms with van der Waals surface area (Å²) >= 11 is 0. The molecule has 0 aromatic heterocycles. The van der Waals surface area contributed by atoms with E-state index in [1.165, 1.54) is 6.07 Å². The molecule has 0 saturated heterocycles. The summed E-state index contributed by atoms with van der Waals surface area (Å²) in [5, 5.41) is 14.0. The first-order chi connectivity index (χ1) is 10.2. The van der Waals surface area contributed by atoms with Gasteiger partial charge in [0.25, 0.3) is 5.69 Å². The van der Waals surface area contributed by atoms with Crippen LogP contribution in [0, 0.1) is 10.1 Å². The third-order valence-electron chi connectivity index (χ3n) is 3.08. The van der Waals surface area contributed by atoms with Crippen molar-refractivity contribution in [1.82, 2.24) is 5.32 Å². The number of rotatable bonds is 7. The molecule has 5 nitrogen and oxygen atoms in total. The summed E-state index contributed by atoms with van der Waals surface area (Å²) in [6.45, 7) is 1.90. The molecule has 0 heterocycles. The molecule has 0 bridgehead atoms. The number of ether oxygens (including phenoxy) is 1. The van der Waals surface area contributed by atoms with Crippen molar-refractivity contribution in [3.8, 4) is 0 Å². The van der Waals surface area contributed by atoms with Gasteiger partial charge in [0.15, 0.2) is 0 Å². The van der Waals surface area contributed by atoms with Gasteiger partial charge in [-0.3, -0.25) is 10.1 Å². The first kappa shape index (κ1) is 15.2. The Morgan fingerprint density at radius 3 is 2.33 bits per heavy atom. The smallest absolute Gasteiger partial charge is 0.269 e. The number of non-ortho nitro benzene ring substituents is 1. The van der Waals surface area contributed by atoms with Gasteiger partial charge < -0.3 is 10.1 Å². The lowest BCUT2D eigenvalue weighted by Gasteiger charge is -2.07. The first-order valence-electron chi connectivity index (χ1n) is 6.70. The summed E-state index contributed by atoms with van der Waals surface area (Å²) in [6, 6.07) is 14.8. The maximum absolute atomic E-state index is 10.7. The Labute approximate surface area is 123 Å². The zero-order valence-electron chi connectivity index (χ0n) is 11.9. The molecule has 110 valence electrons. The van der Waals surface area contributed by atoms with Crippen LogP contribution in [0.1, 0.15) is 16.7 Å². The zero-order valence-corrected chi connectivity index (χ0v) is 11.9. The van der Waals surface area contributed by atoms with Crippen molar-refractivity contribution in [1.29, 1.82) is 0 Å². The number of benzene rings is 2. The van der Waals surface area contributed by atoms with E-state index >= 15 is 0 Å². The minimum Gasteiger partial charge on any atom is -0.380 e. The standard InChI is InChI=1S/C16H18N2O3/c1-21-12-15-6-2-4-13(8-15)10-17-11-14-5-3-7-16(9-14)18(19)20/h2-9,17H,10-12H2,1H3. The van der Waals surface area contributed by atoms with E-state index in [2.05, 4.69) is 11.4 Å². The van der Waals surface area contributed by atoms with E-state index in [1.807, 2.05) is 24.3 Å². The molecule has 2 aromatic rings. The van der Waals surface area contributed by atoms with Gasteiger partial charge in [-0.15, -0.1) is 0 Å². The van der Waals surface area contributed by atoms with Gasteiger partial charge in [0.05, 0.1) is 11.5 Å². The number of hydrogen-bond donors (Lipinski definition) is 1. The van der Waals surface area contributed by atoms with Gasteiger partial charge in [-0.1, -0.05) is 36.4 Å². The lowest BCUT2D eigenvalue weighted by Crippen LogP contribution is -2.13. The molecule has 0 spiro atoms. The van der Waals surface area contributed by atoms with Gasteiger partial charge in [0.1, 0.15) is 0 Å². The average molecular weight is 286 g/mol. The molecule has 0 atom stereocenters. The van der Waals surface area contributed by atoms with Gasteiger partial charge >= 0.3 is 0 Å². The Kier molecular flexibility index (Phi) is 5.43. The van der Waals surface area contributed by atoms with Crippen LogP contribution < -0.4 is 5.32 Å². The maximum atomic E-state index is 10.7. The van der Waals surface area contributed by atoms with Gasteiger partial charge in [0, 0.05) is 32.3 Å². The van der Waals surface area contributed by atoms with E-state index in [-0.39, 0.29) is 10.6 Å². The normalized spacial score (nSPS) is 10.5. The summed E-state index contributed by atoms with van der Waals surface area (Å²) in [7, 11) is 1.67. The molecule has 0 amide bonds. The van der Waals surface area contributed by atoms with E-state index in [4.69, 9.17) is 4.74 Å². The van der Waals surface area contributed by atoms with Crippen molar-refractivity contribution in [2.45, 2.75) is 19.7 Å². The van der Waals surface area contributed by atoms with E-state index < -0.39 is 0 Å². The number of methoxy groups -OCH3 is 1. The molecule has 21 heavy (non-hydrogen) atoms. The van der Waals surface area contributed by atoms with Crippen molar-refractivity contribution in [2.75, 3.05) is 7.11 Å². The van der Waals surface area contributed by atoms with E-state index in [1.54, 1.807) is 19.2 Å². The maximum Gasteiger partial charge on any atom is 0.269 e. The average Bonchev–Trinajstić information content (AvgIpc) is 2.48. The molecule has 0 aliphatic heterocycles. The highest BCUT2D eigenvalue weighted by atomic mass is 16.6. The largest absolute Gasteiger partial charge is 0.380 e. The van der Waals surface area contributed by atoms with Crippen LogP contribution in [0.3, 0.4) is 0 Å². The van der Waals surface area contributed by atoms with E-state index in [0.717, 1.165) is 16.7 Å². The molecule has 0 aliphatic rings. The highest BCUT2D eigenvalue weighted by Gasteiger charge is 2.05. The second-order valence-electron chi connectivity index (χ2n) is 4.78. The second kappa shape index (κ2) is 7.52. The quantitative estimate of drug-likeness (QED) is 0.627. The summed E-state index contributed by atoms with van der Waals surface area (Å²) < 4.78 is 5.11. The summed E-state index contributed by atoms with van der Waals surface area (Å²) in [4.78, 5) is 10.3. The summed E-state index contributed by atoms with van der Waals surface area (Å²) in [6.07, 6.45) is 0. The van der Waals surface area contributed by atoms with Crippen molar-refractivity contribution in [2.24, 2.45) is 0 Å². The summed E-state index contributed by atoms with van der Waals surface area (Å²) in [5.74, 6) is 0. The zero-order chi connectivity index (χ0) is 15.1. The van der Waals surface area contributed by atoms with Crippen LogP contribution >= 0.6 is 0 Å². The minimum atomic E-state index is -0.377. The molecule has 1 N–H and O–H groups in total. The van der Waals surface area contributed by atoms with Crippen molar-refractivity contribution in [3.05, 3.63) is 75.3 Å². The highest BCUT2D eigenvalue weighted by molar-refractivity contribution is 5.34. The second-order valence-corrected chi connectivity index (χ2v) is 4.78. The van der Waals surface area contributed by atoms with Crippen LogP contribution in [0.15, 0.2) is 48.5 Å². The number of nitro groups is 1. The van der Waals surface area contributed by atoms with Crippen LogP contribution in [0.2, 0.25) is 0 Å². The highest BCUT2D eigenvalue weighted by Crippen LogP contribution is 2.13. The number of nitrogens with zero attached hydrogens (tertiary/aromatic N) is 1. The van der Waals surface area contributed by atoms with Crippen molar-refractivity contribution in [3.63, 3.8) is 0 Å². The molecule has 0 saturated carbocycles. The predicted octanol–water partition coefficient (Wildman–Crippen LogP) is 3.03. The topological polar surface area (TPSA) is 64.4 Å². The lowest BCUT2D eigenvalue weighted by molar-refractivity contribution is -0.384. The Hall–Kier alpha value is -2.24. The van der Waals surface area contributed by atoms with Crippen LogP contribution in [0.5, 0.6) is 0 Å². The first-order valence-corrected chi connectivity index (χ1v) is 6.70. The van der Waals surface area contributed by atoms with Gasteiger partial charge in [-0.25, -0.2) is 0 Å². The Morgan fingerprint density at radius 1 is 1.05 bits per heavy atom. The number of nitrogens with one attached hydrogen (secondary N) is 1. The third-order valence-corrected chi connectivity index (χ3v) is 3.08. The molecule has 0 radical (unpaired) electrons. The summed E-state index contributed by atoms with van der Waals surface area (Å²) in [5.41, 5.74) is 3.32. The van der Waals surface area contributed by atoms with Crippen molar-refractivity contribution >= 4 is 5.69 Å². The molecule has 0 fully saturated rings. The molecular formula is C16H18N2O3. The minimum absolute atomic E-state index is 0.122. The fourth-order valence-electron chi connectivity index (χ4n) is 2.13. The Morgan fingerprint density at radius 2 is 1.67 bits per heavy atom. The van der Waals surface area contributed by atoms with Crippen LogP contribution in [0.4, 0.5) is 5.69 Å². The number of nitro benzene ring substituents is 1. The molecule has 2 rings (SSSR count). The van der Waals surface area contributed by atoms with E-state index in [9.17, 15) is 10.1 Å².